The molecule has 1 atom stereocenters. The second kappa shape index (κ2) is 7.14. The Kier molecular flexibility index (Phi) is 5.01. The van der Waals surface area contributed by atoms with Crippen molar-refractivity contribution in [2.45, 2.75) is 18.3 Å². The first kappa shape index (κ1) is 19.7. The molecule has 0 radical (unpaired) electrons. The summed E-state index contributed by atoms with van der Waals surface area (Å²) in [6.07, 6.45) is -4.83. The fourth-order valence-corrected chi connectivity index (χ4v) is 3.00. The first-order valence-corrected chi connectivity index (χ1v) is 8.35. The average molecular weight is 396 g/mol. The summed E-state index contributed by atoms with van der Waals surface area (Å²) in [5, 5.41) is 11.7. The summed E-state index contributed by atoms with van der Waals surface area (Å²) >= 11 is 0. The van der Waals surface area contributed by atoms with Gasteiger partial charge in [0.2, 0.25) is 5.67 Å². The van der Waals surface area contributed by atoms with E-state index in [0.29, 0.717) is 0 Å². The van der Waals surface area contributed by atoms with E-state index in [1.807, 2.05) is 0 Å². The molecule has 28 heavy (non-hydrogen) atoms. The molecule has 2 aromatic carbocycles. The van der Waals surface area contributed by atoms with Crippen LogP contribution in [0.2, 0.25) is 0 Å². The van der Waals surface area contributed by atoms with Crippen molar-refractivity contribution in [3.05, 3.63) is 59.7 Å². The molecule has 1 amide bonds. The summed E-state index contributed by atoms with van der Waals surface area (Å²) < 4.78 is 52.9. The molecular weight excluding hydrogens is 380 g/mol. The maximum Gasteiger partial charge on any atom is 0.416 e. The second-order valence-electron chi connectivity index (χ2n) is 6.50. The fourth-order valence-electron chi connectivity index (χ4n) is 3.00. The highest BCUT2D eigenvalue weighted by Gasteiger charge is 2.47. The third kappa shape index (κ3) is 3.92. The number of anilines is 2. The Morgan fingerprint density at radius 3 is 2.46 bits per heavy atom. The summed E-state index contributed by atoms with van der Waals surface area (Å²) in [7, 11) is 0. The van der Waals surface area contributed by atoms with Gasteiger partial charge in [0, 0.05) is 18.7 Å². The smallest absolute Gasteiger partial charge is 0.416 e. The van der Waals surface area contributed by atoms with Gasteiger partial charge >= 0.3 is 12.1 Å². The largest absolute Gasteiger partial charge is 0.479 e. The number of para-hydroxylation sites is 1. The lowest BCUT2D eigenvalue weighted by atomic mass is 10.1. The normalized spacial score (nSPS) is 19.5. The van der Waals surface area contributed by atoms with Crippen LogP contribution in [-0.4, -0.2) is 40.6 Å². The van der Waals surface area contributed by atoms with Gasteiger partial charge in [0.1, 0.15) is 0 Å². The highest BCUT2D eigenvalue weighted by molar-refractivity contribution is 6.01. The molecule has 2 N–H and O–H groups in total. The molecule has 0 spiro atoms. The van der Waals surface area contributed by atoms with Crippen LogP contribution in [0.1, 0.15) is 22.3 Å². The number of nitrogens with zero attached hydrogens (tertiary/aromatic N) is 1. The van der Waals surface area contributed by atoms with Crippen LogP contribution in [-0.2, 0) is 11.0 Å². The number of rotatable bonds is 4. The third-order valence-electron chi connectivity index (χ3n) is 4.52. The predicted octanol–water partition coefficient (Wildman–Crippen LogP) is 4.09. The topological polar surface area (TPSA) is 69.6 Å². The van der Waals surface area contributed by atoms with Crippen LogP contribution in [0.5, 0.6) is 0 Å². The van der Waals surface area contributed by atoms with Crippen molar-refractivity contribution >= 4 is 23.3 Å². The molecule has 2 aromatic rings. The molecular formula is C19H16F4N2O3. The number of carboxylic acids is 1. The number of nitrogens with one attached hydrogen (secondary N) is 1. The van der Waals surface area contributed by atoms with Gasteiger partial charge in [-0.15, -0.1) is 0 Å². The van der Waals surface area contributed by atoms with Gasteiger partial charge in [-0.05, 0) is 30.3 Å². The van der Waals surface area contributed by atoms with Crippen molar-refractivity contribution in [3.63, 3.8) is 0 Å². The van der Waals surface area contributed by atoms with Crippen LogP contribution in [0.15, 0.2) is 48.5 Å². The van der Waals surface area contributed by atoms with Gasteiger partial charge in [0.15, 0.2) is 0 Å². The summed E-state index contributed by atoms with van der Waals surface area (Å²) in [6, 6.07) is 10.6. The van der Waals surface area contributed by atoms with E-state index in [1.54, 1.807) is 12.1 Å². The standard InChI is InChI=1S/C19H16F4N2O3/c20-18(17(27)28)8-9-25(11-18)16(26)14-6-1-2-7-15(14)24-13-5-3-4-12(10-13)19(21,22)23/h1-7,10,24H,8-9,11H2,(H,27,28). The van der Waals surface area contributed by atoms with Crippen LogP contribution in [0.4, 0.5) is 28.9 Å². The minimum Gasteiger partial charge on any atom is -0.479 e. The lowest BCUT2D eigenvalue weighted by Gasteiger charge is -2.20. The van der Waals surface area contributed by atoms with Gasteiger partial charge in [0.25, 0.3) is 5.91 Å². The average Bonchev–Trinajstić information content (AvgIpc) is 3.05. The lowest BCUT2D eigenvalue weighted by Crippen LogP contribution is -2.39. The van der Waals surface area contributed by atoms with Crippen LogP contribution in [0.3, 0.4) is 0 Å². The fraction of sp³-hybridized carbons (Fsp3) is 0.263. The maximum absolute atomic E-state index is 14.2. The van der Waals surface area contributed by atoms with Crippen LogP contribution in [0.25, 0.3) is 0 Å². The number of hydrogen-bond acceptors (Lipinski definition) is 3. The van der Waals surface area contributed by atoms with E-state index in [4.69, 9.17) is 5.11 Å². The SMILES string of the molecule is O=C(c1ccccc1Nc1cccc(C(F)(F)F)c1)N1CCC(F)(C(=O)O)C1. The van der Waals surface area contributed by atoms with Gasteiger partial charge in [-0.25, -0.2) is 9.18 Å². The zero-order valence-corrected chi connectivity index (χ0v) is 14.5. The molecule has 1 unspecified atom stereocenters. The van der Waals surface area contributed by atoms with Crippen molar-refractivity contribution < 1.29 is 32.3 Å². The zero-order chi connectivity index (χ0) is 20.5. The monoisotopic (exact) mass is 396 g/mol. The molecule has 1 aliphatic heterocycles. The first-order valence-electron chi connectivity index (χ1n) is 8.35. The van der Waals surface area contributed by atoms with E-state index in [1.165, 1.54) is 24.3 Å². The van der Waals surface area contributed by atoms with Crippen molar-refractivity contribution in [1.82, 2.24) is 4.90 Å². The number of halogens is 4. The van der Waals surface area contributed by atoms with Crippen LogP contribution >= 0.6 is 0 Å². The Hall–Kier alpha value is -3.10. The number of benzene rings is 2. The molecule has 9 heteroatoms. The third-order valence-corrected chi connectivity index (χ3v) is 4.52. The molecule has 0 aliphatic carbocycles. The number of alkyl halides is 4. The maximum atomic E-state index is 14.2. The van der Waals surface area contributed by atoms with E-state index in [0.717, 1.165) is 17.0 Å². The van der Waals surface area contributed by atoms with E-state index >= 15 is 0 Å². The molecule has 0 bridgehead atoms. The number of aliphatic carboxylic acids is 1. The van der Waals surface area contributed by atoms with Gasteiger partial charge in [-0.3, -0.25) is 4.79 Å². The van der Waals surface area contributed by atoms with Crippen molar-refractivity contribution in [1.29, 1.82) is 0 Å². The quantitative estimate of drug-likeness (QED) is 0.764. The highest BCUT2D eigenvalue weighted by Crippen LogP contribution is 2.33. The van der Waals surface area contributed by atoms with E-state index in [2.05, 4.69) is 5.32 Å². The van der Waals surface area contributed by atoms with Crippen molar-refractivity contribution in [2.24, 2.45) is 0 Å². The van der Waals surface area contributed by atoms with Crippen molar-refractivity contribution in [3.8, 4) is 0 Å². The number of carboxylic acid groups (broad SMARTS) is 1. The second-order valence-corrected chi connectivity index (χ2v) is 6.50. The molecule has 1 fully saturated rings. The minimum absolute atomic E-state index is 0.0699. The number of carbonyl (C=O) groups is 2. The summed E-state index contributed by atoms with van der Waals surface area (Å²) in [6.45, 7) is -0.654. The van der Waals surface area contributed by atoms with Gasteiger partial charge in [-0.1, -0.05) is 18.2 Å². The first-order chi connectivity index (χ1) is 13.1. The lowest BCUT2D eigenvalue weighted by molar-refractivity contribution is -0.149. The number of hydrogen-bond donors (Lipinski definition) is 2. The molecule has 1 aliphatic rings. The summed E-state index contributed by atoms with van der Waals surface area (Å²) in [5.74, 6) is -2.23. The van der Waals surface area contributed by atoms with Crippen LogP contribution in [0, 0.1) is 0 Å². The molecule has 5 nitrogen and oxygen atoms in total. The number of amides is 1. The van der Waals surface area contributed by atoms with Gasteiger partial charge < -0.3 is 15.3 Å². The molecule has 3 rings (SSSR count). The Morgan fingerprint density at radius 2 is 1.82 bits per heavy atom. The molecule has 148 valence electrons. The Bertz CT molecular complexity index is 916. The highest BCUT2D eigenvalue weighted by atomic mass is 19.4. The van der Waals surface area contributed by atoms with Gasteiger partial charge in [-0.2, -0.15) is 13.2 Å². The molecule has 1 heterocycles. The Balaban J connectivity index is 1.85. The molecule has 0 saturated carbocycles. The molecule has 0 aromatic heterocycles. The summed E-state index contributed by atoms with van der Waals surface area (Å²) in [5.41, 5.74) is -2.88. The Labute approximate surface area is 157 Å². The van der Waals surface area contributed by atoms with E-state index < -0.39 is 35.8 Å². The van der Waals surface area contributed by atoms with Gasteiger partial charge in [0.05, 0.1) is 23.4 Å². The van der Waals surface area contributed by atoms with E-state index in [9.17, 15) is 27.2 Å². The number of carbonyl (C=O) groups excluding carboxylic acids is 1. The van der Waals surface area contributed by atoms with Crippen molar-refractivity contribution in [2.75, 3.05) is 18.4 Å². The minimum atomic E-state index is -4.51. The summed E-state index contributed by atoms with van der Waals surface area (Å²) in [4.78, 5) is 24.9. The molecule has 1 saturated heterocycles. The van der Waals surface area contributed by atoms with E-state index in [-0.39, 0.29) is 29.9 Å². The predicted molar refractivity (Wildman–Crippen MR) is 93.2 cm³/mol. The zero-order valence-electron chi connectivity index (χ0n) is 14.5. The number of likely N-dealkylation sites (tertiary alicyclic amines) is 1. The van der Waals surface area contributed by atoms with Crippen LogP contribution < -0.4 is 5.32 Å². The Morgan fingerprint density at radius 1 is 1.11 bits per heavy atom.